The molecule has 2 aromatic rings. The van der Waals surface area contributed by atoms with E-state index in [9.17, 15) is 23.6 Å². The zero-order valence-electron chi connectivity index (χ0n) is 16.9. The fourth-order valence-corrected chi connectivity index (χ4v) is 3.80. The number of urea groups is 1. The highest BCUT2D eigenvalue weighted by atomic mass is 19.1. The number of nitrogens with zero attached hydrogens (tertiary/aromatic N) is 3. The highest BCUT2D eigenvalue weighted by Crippen LogP contribution is 2.26. The number of rotatable bonds is 5. The Bertz CT molecular complexity index is 1040. The predicted molar refractivity (Wildman–Crippen MR) is 112 cm³/mol. The van der Waals surface area contributed by atoms with E-state index in [1.807, 2.05) is 0 Å². The second kappa shape index (κ2) is 8.17. The average molecular weight is 424 g/mol. The predicted octanol–water partition coefficient (Wildman–Crippen LogP) is 2.75. The van der Waals surface area contributed by atoms with Gasteiger partial charge in [0.2, 0.25) is 11.8 Å². The largest absolute Gasteiger partial charge is 0.332 e. The second-order valence-electron chi connectivity index (χ2n) is 7.47. The summed E-state index contributed by atoms with van der Waals surface area (Å²) in [5.74, 6) is -1.42. The first-order valence-electron chi connectivity index (χ1n) is 9.95. The summed E-state index contributed by atoms with van der Waals surface area (Å²) in [6.07, 6.45) is 1.35. The standard InChI is InChI=1S/C22H21FN4O4/c1-14-21(30)26(22(31)27(14)18-8-4-15(23)5-9-18)13-19(28)24-16-6-10-17(11-7-16)25-12-2-3-20(25)29/h4-11,14H,2-3,12-13H2,1H3,(H,24,28). The molecule has 1 N–H and O–H groups in total. The van der Waals surface area contributed by atoms with Crippen molar-refractivity contribution >= 4 is 40.8 Å². The van der Waals surface area contributed by atoms with Crippen molar-refractivity contribution in [3.05, 3.63) is 54.3 Å². The molecular formula is C22H21FN4O4. The highest BCUT2D eigenvalue weighted by molar-refractivity contribution is 6.16. The molecule has 0 radical (unpaired) electrons. The van der Waals surface area contributed by atoms with Gasteiger partial charge in [-0.2, -0.15) is 0 Å². The summed E-state index contributed by atoms with van der Waals surface area (Å²) < 4.78 is 13.2. The van der Waals surface area contributed by atoms with Crippen molar-refractivity contribution in [3.8, 4) is 0 Å². The number of hydrogen-bond donors (Lipinski definition) is 1. The Kier molecular flexibility index (Phi) is 5.41. The fraction of sp³-hybridized carbons (Fsp3) is 0.273. The molecule has 31 heavy (non-hydrogen) atoms. The molecule has 0 bridgehead atoms. The van der Waals surface area contributed by atoms with Crippen LogP contribution in [0.25, 0.3) is 0 Å². The van der Waals surface area contributed by atoms with Crippen LogP contribution in [0.1, 0.15) is 19.8 Å². The molecule has 0 aromatic heterocycles. The number of benzene rings is 2. The van der Waals surface area contributed by atoms with Gasteiger partial charge >= 0.3 is 6.03 Å². The summed E-state index contributed by atoms with van der Waals surface area (Å²) in [5.41, 5.74) is 1.62. The molecule has 0 saturated carbocycles. The van der Waals surface area contributed by atoms with Crippen molar-refractivity contribution in [3.63, 3.8) is 0 Å². The van der Waals surface area contributed by atoms with Crippen LogP contribution in [-0.2, 0) is 14.4 Å². The van der Waals surface area contributed by atoms with Crippen molar-refractivity contribution < 1.29 is 23.6 Å². The van der Waals surface area contributed by atoms with Crippen LogP contribution in [-0.4, -0.2) is 47.8 Å². The van der Waals surface area contributed by atoms with Crippen LogP contribution in [0.4, 0.5) is 26.2 Å². The van der Waals surface area contributed by atoms with E-state index < -0.39 is 36.2 Å². The van der Waals surface area contributed by atoms with Crippen molar-refractivity contribution in [2.45, 2.75) is 25.8 Å². The van der Waals surface area contributed by atoms with Crippen molar-refractivity contribution in [2.75, 3.05) is 28.2 Å². The molecule has 160 valence electrons. The minimum absolute atomic E-state index is 0.0719. The Labute approximate surface area is 178 Å². The smallest absolute Gasteiger partial charge is 0.325 e. The first kappa shape index (κ1) is 20.5. The zero-order chi connectivity index (χ0) is 22.1. The lowest BCUT2D eigenvalue weighted by Gasteiger charge is -2.19. The number of imide groups is 1. The van der Waals surface area contributed by atoms with Crippen LogP contribution in [0.15, 0.2) is 48.5 Å². The molecule has 0 aliphatic carbocycles. The summed E-state index contributed by atoms with van der Waals surface area (Å²) in [6.45, 7) is 1.79. The van der Waals surface area contributed by atoms with E-state index in [1.165, 1.54) is 29.2 Å². The highest BCUT2D eigenvalue weighted by Gasteiger charge is 2.44. The van der Waals surface area contributed by atoms with Crippen molar-refractivity contribution in [2.24, 2.45) is 0 Å². The normalized spacial score (nSPS) is 18.8. The Morgan fingerprint density at radius 1 is 1.03 bits per heavy atom. The van der Waals surface area contributed by atoms with E-state index in [0.29, 0.717) is 24.3 Å². The minimum Gasteiger partial charge on any atom is -0.325 e. The Morgan fingerprint density at radius 3 is 2.29 bits per heavy atom. The lowest BCUT2D eigenvalue weighted by molar-refractivity contribution is -0.130. The SMILES string of the molecule is CC1C(=O)N(CC(=O)Nc2ccc(N3CCCC3=O)cc2)C(=O)N1c1ccc(F)cc1. The van der Waals surface area contributed by atoms with Gasteiger partial charge in [0, 0.05) is 30.0 Å². The van der Waals surface area contributed by atoms with E-state index in [4.69, 9.17) is 0 Å². The summed E-state index contributed by atoms with van der Waals surface area (Å²) in [4.78, 5) is 53.4. The lowest BCUT2D eigenvalue weighted by Crippen LogP contribution is -2.39. The van der Waals surface area contributed by atoms with Gasteiger partial charge in [0.05, 0.1) is 0 Å². The van der Waals surface area contributed by atoms with Crippen LogP contribution >= 0.6 is 0 Å². The Balaban J connectivity index is 1.41. The van der Waals surface area contributed by atoms with Crippen LogP contribution in [0.2, 0.25) is 0 Å². The lowest BCUT2D eigenvalue weighted by atomic mass is 10.2. The molecular weight excluding hydrogens is 403 g/mol. The molecule has 8 nitrogen and oxygen atoms in total. The first-order chi connectivity index (χ1) is 14.8. The molecule has 1 unspecified atom stereocenters. The third kappa shape index (κ3) is 3.98. The van der Waals surface area contributed by atoms with E-state index in [-0.39, 0.29) is 5.91 Å². The zero-order valence-corrected chi connectivity index (χ0v) is 16.9. The van der Waals surface area contributed by atoms with Gasteiger partial charge in [-0.25, -0.2) is 9.18 Å². The number of anilines is 3. The minimum atomic E-state index is -0.803. The quantitative estimate of drug-likeness (QED) is 0.748. The second-order valence-corrected chi connectivity index (χ2v) is 7.47. The van der Waals surface area contributed by atoms with Gasteiger partial charge in [0.25, 0.3) is 5.91 Å². The maximum Gasteiger partial charge on any atom is 0.332 e. The summed E-state index contributed by atoms with van der Waals surface area (Å²) in [7, 11) is 0. The van der Waals surface area contributed by atoms with Gasteiger partial charge in [-0.05, 0) is 61.9 Å². The number of halogens is 1. The molecule has 4 rings (SSSR count). The molecule has 5 amide bonds. The van der Waals surface area contributed by atoms with E-state index in [2.05, 4.69) is 5.32 Å². The molecule has 0 spiro atoms. The molecule has 2 aliphatic rings. The van der Waals surface area contributed by atoms with Gasteiger partial charge in [-0.15, -0.1) is 0 Å². The van der Waals surface area contributed by atoms with Gasteiger partial charge in [-0.1, -0.05) is 0 Å². The fourth-order valence-electron chi connectivity index (χ4n) is 3.80. The molecule has 2 fully saturated rings. The summed E-state index contributed by atoms with van der Waals surface area (Å²) >= 11 is 0. The average Bonchev–Trinajstić information content (AvgIpc) is 3.26. The third-order valence-electron chi connectivity index (χ3n) is 5.39. The third-order valence-corrected chi connectivity index (χ3v) is 5.39. The first-order valence-corrected chi connectivity index (χ1v) is 9.95. The number of nitrogens with one attached hydrogen (secondary N) is 1. The van der Waals surface area contributed by atoms with Crippen LogP contribution in [0, 0.1) is 5.82 Å². The number of hydrogen-bond acceptors (Lipinski definition) is 4. The number of carbonyl (C=O) groups excluding carboxylic acids is 4. The van der Waals surface area contributed by atoms with Crippen LogP contribution in [0.3, 0.4) is 0 Å². The summed E-state index contributed by atoms with van der Waals surface area (Å²) in [5, 5.41) is 2.66. The van der Waals surface area contributed by atoms with Crippen molar-refractivity contribution in [1.29, 1.82) is 0 Å². The maximum absolute atomic E-state index is 13.2. The molecule has 2 saturated heterocycles. The number of amides is 5. The van der Waals surface area contributed by atoms with Crippen LogP contribution in [0.5, 0.6) is 0 Å². The Hall–Kier alpha value is -3.75. The monoisotopic (exact) mass is 424 g/mol. The topological polar surface area (TPSA) is 90.0 Å². The molecule has 1 atom stereocenters. The van der Waals surface area contributed by atoms with E-state index >= 15 is 0 Å². The molecule has 2 aliphatic heterocycles. The van der Waals surface area contributed by atoms with E-state index in [1.54, 1.807) is 36.1 Å². The molecule has 2 heterocycles. The van der Waals surface area contributed by atoms with Gasteiger partial charge in [0.1, 0.15) is 18.4 Å². The van der Waals surface area contributed by atoms with Gasteiger partial charge in [-0.3, -0.25) is 24.2 Å². The van der Waals surface area contributed by atoms with E-state index in [0.717, 1.165) is 17.0 Å². The Morgan fingerprint density at radius 2 is 1.68 bits per heavy atom. The van der Waals surface area contributed by atoms with Crippen molar-refractivity contribution in [1.82, 2.24) is 4.90 Å². The maximum atomic E-state index is 13.2. The number of carbonyl (C=O) groups is 4. The molecule has 9 heteroatoms. The van der Waals surface area contributed by atoms with Gasteiger partial charge < -0.3 is 10.2 Å². The summed E-state index contributed by atoms with van der Waals surface area (Å²) in [6, 6.07) is 10.6. The van der Waals surface area contributed by atoms with Crippen LogP contribution < -0.4 is 15.1 Å². The van der Waals surface area contributed by atoms with Gasteiger partial charge in [0.15, 0.2) is 0 Å². The molecule has 2 aromatic carbocycles.